The number of esters is 1. The Bertz CT molecular complexity index is 324. The first-order valence-corrected chi connectivity index (χ1v) is 5.63. The van der Waals surface area contributed by atoms with Crippen molar-refractivity contribution >= 4 is 5.97 Å². The van der Waals surface area contributed by atoms with Crippen LogP contribution in [0, 0.1) is 0 Å². The van der Waals surface area contributed by atoms with Crippen LogP contribution in [0.4, 0.5) is 0 Å². The van der Waals surface area contributed by atoms with Crippen molar-refractivity contribution in [2.45, 2.75) is 38.8 Å². The molecular formula is C13H19NO2. The van der Waals surface area contributed by atoms with Crippen LogP contribution in [-0.4, -0.2) is 18.1 Å². The Morgan fingerprint density at radius 2 is 2.00 bits per heavy atom. The van der Waals surface area contributed by atoms with Gasteiger partial charge >= 0.3 is 5.97 Å². The van der Waals surface area contributed by atoms with Crippen molar-refractivity contribution in [3.8, 4) is 0 Å². The largest absolute Gasteiger partial charge is 0.462 e. The van der Waals surface area contributed by atoms with Crippen LogP contribution >= 0.6 is 0 Å². The second-order valence-corrected chi connectivity index (χ2v) is 3.95. The van der Waals surface area contributed by atoms with Crippen molar-refractivity contribution in [2.24, 2.45) is 5.73 Å². The molecule has 0 aromatic heterocycles. The molecule has 1 aromatic rings. The molecule has 0 bridgehead atoms. The second kappa shape index (κ2) is 6.28. The molecule has 0 aliphatic rings. The molecule has 1 rings (SSSR count). The minimum atomic E-state index is -0.573. The SMILES string of the molecule is CC[C@@H](C)OC(=O)[C@@H](N)Cc1ccccc1. The van der Waals surface area contributed by atoms with E-state index in [-0.39, 0.29) is 12.1 Å². The number of hydrogen-bond acceptors (Lipinski definition) is 3. The maximum Gasteiger partial charge on any atom is 0.323 e. The van der Waals surface area contributed by atoms with Gasteiger partial charge in [-0.1, -0.05) is 37.3 Å². The van der Waals surface area contributed by atoms with E-state index >= 15 is 0 Å². The quantitative estimate of drug-likeness (QED) is 0.773. The van der Waals surface area contributed by atoms with Crippen LogP contribution in [-0.2, 0) is 16.0 Å². The molecule has 0 aliphatic heterocycles. The minimum Gasteiger partial charge on any atom is -0.462 e. The summed E-state index contributed by atoms with van der Waals surface area (Å²) in [5.74, 6) is -0.321. The predicted molar refractivity (Wildman–Crippen MR) is 64.0 cm³/mol. The molecular weight excluding hydrogens is 202 g/mol. The van der Waals surface area contributed by atoms with E-state index in [0.717, 1.165) is 12.0 Å². The van der Waals surface area contributed by atoms with Crippen molar-refractivity contribution in [3.05, 3.63) is 35.9 Å². The average Bonchev–Trinajstić information content (AvgIpc) is 2.30. The fourth-order valence-corrected chi connectivity index (χ4v) is 1.32. The van der Waals surface area contributed by atoms with Crippen molar-refractivity contribution in [2.75, 3.05) is 0 Å². The van der Waals surface area contributed by atoms with E-state index in [2.05, 4.69) is 0 Å². The van der Waals surface area contributed by atoms with Gasteiger partial charge in [0.05, 0.1) is 6.10 Å². The van der Waals surface area contributed by atoms with Gasteiger partial charge in [0.2, 0.25) is 0 Å². The molecule has 0 aliphatic carbocycles. The monoisotopic (exact) mass is 221 g/mol. The first kappa shape index (κ1) is 12.7. The van der Waals surface area contributed by atoms with Gasteiger partial charge in [-0.2, -0.15) is 0 Å². The molecule has 0 saturated carbocycles. The molecule has 0 radical (unpaired) electrons. The number of benzene rings is 1. The molecule has 88 valence electrons. The summed E-state index contributed by atoms with van der Waals surface area (Å²) in [6.07, 6.45) is 1.27. The molecule has 0 fully saturated rings. The zero-order chi connectivity index (χ0) is 12.0. The molecule has 2 atom stereocenters. The van der Waals surface area contributed by atoms with Crippen molar-refractivity contribution in [1.82, 2.24) is 0 Å². The lowest BCUT2D eigenvalue weighted by atomic mass is 10.1. The summed E-state index contributed by atoms with van der Waals surface area (Å²) in [6, 6.07) is 9.14. The van der Waals surface area contributed by atoms with Gasteiger partial charge in [0.25, 0.3) is 0 Å². The summed E-state index contributed by atoms with van der Waals surface area (Å²) in [4.78, 5) is 11.6. The first-order chi connectivity index (χ1) is 7.63. The topological polar surface area (TPSA) is 52.3 Å². The lowest BCUT2D eigenvalue weighted by Crippen LogP contribution is -2.36. The van der Waals surface area contributed by atoms with Gasteiger partial charge in [-0.05, 0) is 25.3 Å². The van der Waals surface area contributed by atoms with Gasteiger partial charge in [-0.3, -0.25) is 4.79 Å². The van der Waals surface area contributed by atoms with E-state index in [1.165, 1.54) is 0 Å². The Labute approximate surface area is 96.6 Å². The van der Waals surface area contributed by atoms with Crippen molar-refractivity contribution < 1.29 is 9.53 Å². The molecule has 2 N–H and O–H groups in total. The molecule has 0 spiro atoms. The van der Waals surface area contributed by atoms with Gasteiger partial charge in [0, 0.05) is 0 Å². The predicted octanol–water partition coefficient (Wildman–Crippen LogP) is 1.90. The highest BCUT2D eigenvalue weighted by Crippen LogP contribution is 2.05. The van der Waals surface area contributed by atoms with E-state index < -0.39 is 6.04 Å². The van der Waals surface area contributed by atoms with Crippen LogP contribution in [0.2, 0.25) is 0 Å². The average molecular weight is 221 g/mol. The molecule has 16 heavy (non-hydrogen) atoms. The highest BCUT2D eigenvalue weighted by Gasteiger charge is 2.17. The zero-order valence-electron chi connectivity index (χ0n) is 9.85. The van der Waals surface area contributed by atoms with Crippen molar-refractivity contribution in [1.29, 1.82) is 0 Å². The number of ether oxygens (including phenoxy) is 1. The number of hydrogen-bond donors (Lipinski definition) is 1. The highest BCUT2D eigenvalue weighted by molar-refractivity contribution is 5.76. The maximum atomic E-state index is 11.6. The lowest BCUT2D eigenvalue weighted by molar-refractivity contribution is -0.149. The van der Waals surface area contributed by atoms with Crippen LogP contribution < -0.4 is 5.73 Å². The van der Waals surface area contributed by atoms with E-state index in [1.807, 2.05) is 44.2 Å². The summed E-state index contributed by atoms with van der Waals surface area (Å²) in [6.45, 7) is 3.84. The summed E-state index contributed by atoms with van der Waals surface area (Å²) in [5.41, 5.74) is 6.83. The number of rotatable bonds is 5. The van der Waals surface area contributed by atoms with E-state index in [0.29, 0.717) is 6.42 Å². The fraction of sp³-hybridized carbons (Fsp3) is 0.462. The smallest absolute Gasteiger partial charge is 0.323 e. The Balaban J connectivity index is 2.46. The Hall–Kier alpha value is -1.35. The standard InChI is InChI=1S/C13H19NO2/c1-3-10(2)16-13(15)12(14)9-11-7-5-4-6-8-11/h4-8,10,12H,3,9,14H2,1-2H3/t10-,12+/m1/s1. The van der Waals surface area contributed by atoms with Gasteiger partial charge in [-0.25, -0.2) is 0 Å². The third-order valence-corrected chi connectivity index (χ3v) is 2.49. The van der Waals surface area contributed by atoms with Gasteiger partial charge in [-0.15, -0.1) is 0 Å². The van der Waals surface area contributed by atoms with Crippen molar-refractivity contribution in [3.63, 3.8) is 0 Å². The zero-order valence-corrected chi connectivity index (χ0v) is 9.85. The Kier molecular flexibility index (Phi) is 4.99. The number of nitrogens with two attached hydrogens (primary N) is 1. The highest BCUT2D eigenvalue weighted by atomic mass is 16.5. The van der Waals surface area contributed by atoms with Crippen LogP contribution in [0.3, 0.4) is 0 Å². The summed E-state index contributed by atoms with van der Waals surface area (Å²) >= 11 is 0. The summed E-state index contributed by atoms with van der Waals surface area (Å²) < 4.78 is 5.17. The normalized spacial score (nSPS) is 14.2. The Morgan fingerprint density at radius 3 is 2.56 bits per heavy atom. The third-order valence-electron chi connectivity index (χ3n) is 2.49. The molecule has 0 saturated heterocycles. The van der Waals surface area contributed by atoms with Crippen LogP contribution in [0.25, 0.3) is 0 Å². The van der Waals surface area contributed by atoms with E-state index in [1.54, 1.807) is 0 Å². The summed E-state index contributed by atoms with van der Waals surface area (Å²) in [7, 11) is 0. The first-order valence-electron chi connectivity index (χ1n) is 5.63. The molecule has 0 heterocycles. The van der Waals surface area contributed by atoms with Crippen LogP contribution in [0.15, 0.2) is 30.3 Å². The van der Waals surface area contributed by atoms with E-state index in [9.17, 15) is 4.79 Å². The van der Waals surface area contributed by atoms with Gasteiger partial charge < -0.3 is 10.5 Å². The maximum absolute atomic E-state index is 11.6. The number of carbonyl (C=O) groups excluding carboxylic acids is 1. The second-order valence-electron chi connectivity index (χ2n) is 3.95. The Morgan fingerprint density at radius 1 is 1.38 bits per heavy atom. The molecule has 0 amide bonds. The van der Waals surface area contributed by atoms with Gasteiger partial charge in [0.15, 0.2) is 0 Å². The molecule has 1 aromatic carbocycles. The fourth-order valence-electron chi connectivity index (χ4n) is 1.32. The minimum absolute atomic E-state index is 0.0608. The third kappa shape index (κ3) is 4.03. The van der Waals surface area contributed by atoms with Crippen LogP contribution in [0.5, 0.6) is 0 Å². The summed E-state index contributed by atoms with van der Waals surface area (Å²) in [5, 5.41) is 0. The lowest BCUT2D eigenvalue weighted by Gasteiger charge is -2.15. The molecule has 0 unspecified atom stereocenters. The van der Waals surface area contributed by atoms with E-state index in [4.69, 9.17) is 10.5 Å². The molecule has 3 heteroatoms. The van der Waals surface area contributed by atoms with Gasteiger partial charge in [0.1, 0.15) is 6.04 Å². The number of carbonyl (C=O) groups is 1. The van der Waals surface area contributed by atoms with Crippen LogP contribution in [0.1, 0.15) is 25.8 Å². The molecule has 3 nitrogen and oxygen atoms in total.